The maximum absolute atomic E-state index is 13.2. The summed E-state index contributed by atoms with van der Waals surface area (Å²) in [6.07, 6.45) is 2.88. The molecule has 1 aliphatic rings. The number of nitrogens with zero attached hydrogens (tertiary/aromatic N) is 2. The van der Waals surface area contributed by atoms with Crippen LogP contribution in [0.15, 0.2) is 48.5 Å². The van der Waals surface area contributed by atoms with Crippen molar-refractivity contribution in [2.45, 2.75) is 32.6 Å². The Labute approximate surface area is 163 Å². The zero-order valence-corrected chi connectivity index (χ0v) is 15.6. The van der Waals surface area contributed by atoms with Crippen LogP contribution in [-0.2, 0) is 12.8 Å². The van der Waals surface area contributed by atoms with E-state index in [4.69, 9.17) is 0 Å². The summed E-state index contributed by atoms with van der Waals surface area (Å²) in [6, 6.07) is 14.0. The number of ketones is 1. The lowest BCUT2D eigenvalue weighted by molar-refractivity contribution is 0.0972. The topological polar surface area (TPSA) is 66.9 Å². The number of Topliss-reactive ketones (excluding diaryl/α,β-unsaturated/α-hetero) is 1. The fourth-order valence-electron chi connectivity index (χ4n) is 3.41. The number of hydrogen-bond donors (Lipinski definition) is 2. The van der Waals surface area contributed by atoms with Crippen molar-refractivity contribution in [3.05, 3.63) is 71.2 Å². The van der Waals surface area contributed by atoms with Gasteiger partial charge in [-0.15, -0.1) is 0 Å². The fourth-order valence-corrected chi connectivity index (χ4v) is 3.41. The Morgan fingerprint density at radius 1 is 1.00 bits per heavy atom. The van der Waals surface area contributed by atoms with Crippen LogP contribution in [0.3, 0.4) is 0 Å². The van der Waals surface area contributed by atoms with Gasteiger partial charge in [0.2, 0.25) is 5.95 Å². The van der Waals surface area contributed by atoms with E-state index in [1.165, 1.54) is 12.1 Å². The van der Waals surface area contributed by atoms with Gasteiger partial charge in [-0.2, -0.15) is 4.98 Å². The molecule has 0 aliphatic heterocycles. The Hall–Kier alpha value is -3.28. The van der Waals surface area contributed by atoms with Gasteiger partial charge in [0.1, 0.15) is 11.6 Å². The highest BCUT2D eigenvalue weighted by Gasteiger charge is 2.25. The number of carbonyl (C=O) groups is 1. The smallest absolute Gasteiger partial charge is 0.229 e. The van der Waals surface area contributed by atoms with Crippen LogP contribution in [0, 0.1) is 5.82 Å². The number of para-hydroxylation sites is 1. The Kier molecular flexibility index (Phi) is 5.02. The third kappa shape index (κ3) is 3.71. The van der Waals surface area contributed by atoms with Crippen LogP contribution < -0.4 is 10.6 Å². The molecule has 0 fully saturated rings. The number of nitrogens with one attached hydrogen (secondary N) is 2. The molecule has 0 unspecified atom stereocenters. The van der Waals surface area contributed by atoms with E-state index in [1.807, 2.05) is 18.2 Å². The van der Waals surface area contributed by atoms with Crippen molar-refractivity contribution in [3.63, 3.8) is 0 Å². The summed E-state index contributed by atoms with van der Waals surface area (Å²) in [4.78, 5) is 21.7. The number of carbonyl (C=O) groups excluding carboxylic acids is 1. The first kappa shape index (κ1) is 18.1. The summed E-state index contributed by atoms with van der Waals surface area (Å²) in [5, 5.41) is 6.46. The molecule has 3 aromatic rings. The van der Waals surface area contributed by atoms with E-state index in [0.29, 0.717) is 29.4 Å². The molecule has 0 saturated carbocycles. The second kappa shape index (κ2) is 7.76. The van der Waals surface area contributed by atoms with Crippen molar-refractivity contribution in [2.24, 2.45) is 0 Å². The van der Waals surface area contributed by atoms with Crippen molar-refractivity contribution >= 4 is 28.9 Å². The predicted molar refractivity (Wildman–Crippen MR) is 108 cm³/mol. The van der Waals surface area contributed by atoms with E-state index in [0.717, 1.165) is 36.2 Å². The van der Waals surface area contributed by atoms with Gasteiger partial charge in [-0.1, -0.05) is 25.1 Å². The number of fused-ring (bicyclic) bond motifs is 1. The maximum Gasteiger partial charge on any atom is 0.229 e. The van der Waals surface area contributed by atoms with Crippen molar-refractivity contribution in [2.75, 3.05) is 10.6 Å². The van der Waals surface area contributed by atoms with Gasteiger partial charge in [-0.3, -0.25) is 4.79 Å². The predicted octanol–water partition coefficient (Wildman–Crippen LogP) is 5.18. The molecule has 0 saturated heterocycles. The van der Waals surface area contributed by atoms with Crippen molar-refractivity contribution < 1.29 is 9.18 Å². The highest BCUT2D eigenvalue weighted by molar-refractivity contribution is 6.03. The molecule has 1 heterocycles. The molecule has 28 heavy (non-hydrogen) atoms. The number of halogens is 1. The van der Waals surface area contributed by atoms with Crippen LogP contribution in [0.5, 0.6) is 0 Å². The van der Waals surface area contributed by atoms with Gasteiger partial charge in [0, 0.05) is 17.8 Å². The number of aromatic nitrogens is 2. The standard InChI is InChI=1S/C22H21FN4O/c1-2-14-6-3-4-7-17(14)25-21-20-18(8-5-9-19(20)28)26-22(27-21)24-16-12-10-15(23)11-13-16/h3-4,6-7,10-13H,2,5,8-9H2,1H3,(H2,24,25,26,27). The number of hydrogen-bond acceptors (Lipinski definition) is 5. The Balaban J connectivity index is 1.74. The average molecular weight is 376 g/mol. The number of benzene rings is 2. The molecule has 0 atom stereocenters. The molecule has 0 radical (unpaired) electrons. The Bertz CT molecular complexity index is 1020. The number of anilines is 4. The Morgan fingerprint density at radius 2 is 1.79 bits per heavy atom. The monoisotopic (exact) mass is 376 g/mol. The summed E-state index contributed by atoms with van der Waals surface area (Å²) in [5.74, 6) is 0.656. The van der Waals surface area contributed by atoms with E-state index >= 15 is 0 Å². The molecule has 1 aromatic heterocycles. The molecule has 5 nitrogen and oxygen atoms in total. The number of rotatable bonds is 5. The summed E-state index contributed by atoms with van der Waals surface area (Å²) < 4.78 is 13.2. The minimum absolute atomic E-state index is 0.0612. The Morgan fingerprint density at radius 3 is 2.57 bits per heavy atom. The molecule has 6 heteroatoms. The van der Waals surface area contributed by atoms with Crippen molar-refractivity contribution in [1.82, 2.24) is 9.97 Å². The van der Waals surface area contributed by atoms with Crippen LogP contribution in [0.25, 0.3) is 0 Å². The van der Waals surface area contributed by atoms with E-state index in [1.54, 1.807) is 12.1 Å². The molecule has 0 bridgehead atoms. The van der Waals surface area contributed by atoms with Gasteiger partial charge in [0.25, 0.3) is 0 Å². The molecule has 1 aliphatic carbocycles. The van der Waals surface area contributed by atoms with Gasteiger partial charge < -0.3 is 10.6 Å². The molecule has 0 spiro atoms. The van der Waals surface area contributed by atoms with Gasteiger partial charge >= 0.3 is 0 Å². The van der Waals surface area contributed by atoms with Gasteiger partial charge in [-0.25, -0.2) is 9.37 Å². The highest BCUT2D eigenvalue weighted by Crippen LogP contribution is 2.30. The van der Waals surface area contributed by atoms with Crippen LogP contribution in [0.2, 0.25) is 0 Å². The quantitative estimate of drug-likeness (QED) is 0.642. The van der Waals surface area contributed by atoms with Gasteiger partial charge in [-0.05, 0) is 55.2 Å². The molecule has 2 N–H and O–H groups in total. The summed E-state index contributed by atoms with van der Waals surface area (Å²) in [6.45, 7) is 2.09. The lowest BCUT2D eigenvalue weighted by atomic mass is 9.95. The summed E-state index contributed by atoms with van der Waals surface area (Å²) in [5.41, 5.74) is 4.07. The molecule has 4 rings (SSSR count). The van der Waals surface area contributed by atoms with Crippen LogP contribution in [-0.4, -0.2) is 15.8 Å². The summed E-state index contributed by atoms with van der Waals surface area (Å²) >= 11 is 0. The van der Waals surface area contributed by atoms with E-state index in [2.05, 4.69) is 33.6 Å². The maximum atomic E-state index is 13.2. The largest absolute Gasteiger partial charge is 0.339 e. The third-order valence-electron chi connectivity index (χ3n) is 4.83. The lowest BCUT2D eigenvalue weighted by Crippen LogP contribution is -2.18. The second-order valence-electron chi connectivity index (χ2n) is 6.76. The minimum atomic E-state index is -0.305. The van der Waals surface area contributed by atoms with Gasteiger partial charge in [0.15, 0.2) is 5.78 Å². The van der Waals surface area contributed by atoms with E-state index in [9.17, 15) is 9.18 Å². The number of aryl methyl sites for hydroxylation is 2. The highest BCUT2D eigenvalue weighted by atomic mass is 19.1. The molecular weight excluding hydrogens is 355 g/mol. The molecule has 2 aromatic carbocycles. The first-order valence-corrected chi connectivity index (χ1v) is 9.45. The molecular formula is C22H21FN4O. The first-order valence-electron chi connectivity index (χ1n) is 9.45. The van der Waals surface area contributed by atoms with E-state index in [-0.39, 0.29) is 11.6 Å². The fraction of sp³-hybridized carbons (Fsp3) is 0.227. The van der Waals surface area contributed by atoms with Crippen molar-refractivity contribution in [1.29, 1.82) is 0 Å². The second-order valence-corrected chi connectivity index (χ2v) is 6.76. The summed E-state index contributed by atoms with van der Waals surface area (Å²) in [7, 11) is 0. The lowest BCUT2D eigenvalue weighted by Gasteiger charge is -2.20. The van der Waals surface area contributed by atoms with Crippen LogP contribution in [0.1, 0.15) is 41.4 Å². The van der Waals surface area contributed by atoms with Crippen LogP contribution >= 0.6 is 0 Å². The minimum Gasteiger partial charge on any atom is -0.339 e. The van der Waals surface area contributed by atoms with E-state index < -0.39 is 0 Å². The average Bonchev–Trinajstić information content (AvgIpc) is 2.70. The van der Waals surface area contributed by atoms with Gasteiger partial charge in [0.05, 0.1) is 11.3 Å². The first-order chi connectivity index (χ1) is 13.6. The SMILES string of the molecule is CCc1ccccc1Nc1nc(Nc2ccc(F)cc2)nc2c1C(=O)CCC2. The molecule has 142 valence electrons. The zero-order valence-electron chi connectivity index (χ0n) is 15.6. The molecule has 0 amide bonds. The third-order valence-corrected chi connectivity index (χ3v) is 4.83. The van der Waals surface area contributed by atoms with Crippen LogP contribution in [0.4, 0.5) is 27.5 Å². The van der Waals surface area contributed by atoms with Crippen molar-refractivity contribution in [3.8, 4) is 0 Å². The zero-order chi connectivity index (χ0) is 19.5. The normalized spacial score (nSPS) is 13.1.